The Morgan fingerprint density at radius 1 is 0.921 bits per heavy atom. The van der Waals surface area contributed by atoms with Gasteiger partial charge in [-0.3, -0.25) is 4.79 Å². The summed E-state index contributed by atoms with van der Waals surface area (Å²) in [7, 11) is 0. The summed E-state index contributed by atoms with van der Waals surface area (Å²) in [5.74, 6) is 1.32. The molecule has 6 heteroatoms. The third-order valence-electron chi connectivity index (χ3n) is 6.46. The van der Waals surface area contributed by atoms with E-state index in [0.717, 1.165) is 22.4 Å². The molecule has 38 heavy (non-hydrogen) atoms. The third kappa shape index (κ3) is 6.29. The minimum absolute atomic E-state index is 0.00286. The van der Waals surface area contributed by atoms with Crippen LogP contribution in [0.2, 0.25) is 5.02 Å². The second-order valence-electron chi connectivity index (χ2n) is 9.20. The van der Waals surface area contributed by atoms with Crippen LogP contribution >= 0.6 is 23.4 Å². The number of fused-ring (bicyclic) bond motifs is 3. The fourth-order valence-corrected chi connectivity index (χ4v) is 5.59. The molecule has 2 atom stereocenters. The number of thioether (sulfide) groups is 1. The normalized spacial score (nSPS) is 17.8. The minimum Gasteiger partial charge on any atom is -0.466 e. The van der Waals surface area contributed by atoms with E-state index in [0.29, 0.717) is 24.0 Å². The number of aliphatic imine (C=N–C) groups is 1. The minimum atomic E-state index is -0.600. The van der Waals surface area contributed by atoms with Crippen LogP contribution in [0.5, 0.6) is 0 Å². The molecule has 0 fully saturated rings. The summed E-state index contributed by atoms with van der Waals surface area (Å²) in [5, 5.41) is 0.634. The van der Waals surface area contributed by atoms with Crippen LogP contribution in [0.15, 0.2) is 119 Å². The molecule has 1 amide bonds. The quantitative estimate of drug-likeness (QED) is 0.248. The molecule has 192 valence electrons. The van der Waals surface area contributed by atoms with Crippen LogP contribution in [0.25, 0.3) is 0 Å². The van der Waals surface area contributed by atoms with Gasteiger partial charge in [-0.15, -0.1) is 11.8 Å². The molecular formula is C32H29ClN2O2S. The van der Waals surface area contributed by atoms with Crippen molar-refractivity contribution in [3.05, 3.63) is 136 Å². The highest BCUT2D eigenvalue weighted by atomic mass is 35.5. The van der Waals surface area contributed by atoms with Gasteiger partial charge in [0, 0.05) is 39.9 Å². The number of rotatable bonds is 5. The fraction of sp³-hybridized carbons (Fsp3) is 0.188. The van der Waals surface area contributed by atoms with Crippen molar-refractivity contribution in [2.75, 3.05) is 12.3 Å². The number of amides is 1. The van der Waals surface area contributed by atoms with Crippen LogP contribution < -0.4 is 0 Å². The summed E-state index contributed by atoms with van der Waals surface area (Å²) in [6, 6.07) is 35.4. The zero-order valence-corrected chi connectivity index (χ0v) is 22.7. The second-order valence-corrected chi connectivity index (χ2v) is 10.8. The molecule has 2 aliphatic heterocycles. The molecule has 2 unspecified atom stereocenters. The van der Waals surface area contributed by atoms with Crippen molar-refractivity contribution in [3.8, 4) is 0 Å². The van der Waals surface area contributed by atoms with Crippen molar-refractivity contribution in [2.45, 2.75) is 30.5 Å². The van der Waals surface area contributed by atoms with Crippen LogP contribution in [0.4, 0.5) is 0 Å². The number of hydrogen-bond donors (Lipinski definition) is 0. The largest absolute Gasteiger partial charge is 0.466 e. The van der Waals surface area contributed by atoms with Crippen LogP contribution in [0, 0.1) is 6.92 Å². The van der Waals surface area contributed by atoms with Gasteiger partial charge >= 0.3 is 0 Å². The summed E-state index contributed by atoms with van der Waals surface area (Å²) in [5.41, 5.74) is 4.19. The molecule has 0 bridgehead atoms. The smallest absolute Gasteiger partial charge is 0.252 e. The second kappa shape index (κ2) is 12.3. The molecule has 0 spiro atoms. The first-order valence-electron chi connectivity index (χ1n) is 12.6. The Morgan fingerprint density at radius 3 is 2.24 bits per heavy atom. The molecule has 4 aromatic carbocycles. The Bertz CT molecular complexity index is 1400. The predicted octanol–water partition coefficient (Wildman–Crippen LogP) is 7.36. The van der Waals surface area contributed by atoms with E-state index in [1.54, 1.807) is 11.8 Å². The van der Waals surface area contributed by atoms with Gasteiger partial charge in [-0.2, -0.15) is 0 Å². The van der Waals surface area contributed by atoms with Crippen LogP contribution in [0.3, 0.4) is 0 Å². The first kappa shape index (κ1) is 26.1. The number of nitrogens with zero attached hydrogens (tertiary/aromatic N) is 2. The summed E-state index contributed by atoms with van der Waals surface area (Å²) in [6.45, 7) is 3.26. The predicted molar refractivity (Wildman–Crippen MR) is 156 cm³/mol. The lowest BCUT2D eigenvalue weighted by molar-refractivity contribution is -0.133. The Morgan fingerprint density at radius 2 is 1.58 bits per heavy atom. The summed E-state index contributed by atoms with van der Waals surface area (Å²) in [4.78, 5) is 21.3. The van der Waals surface area contributed by atoms with Gasteiger partial charge in [0.15, 0.2) is 12.1 Å². The molecule has 0 aliphatic carbocycles. The van der Waals surface area contributed by atoms with E-state index < -0.39 is 12.1 Å². The lowest BCUT2D eigenvalue weighted by Gasteiger charge is -2.22. The maximum atomic E-state index is 13.5. The number of carbonyl (C=O) groups is 1. The summed E-state index contributed by atoms with van der Waals surface area (Å²) in [6.07, 6.45) is -0.455. The highest BCUT2D eigenvalue weighted by molar-refractivity contribution is 7.99. The monoisotopic (exact) mass is 540 g/mol. The van der Waals surface area contributed by atoms with Gasteiger partial charge in [0.1, 0.15) is 0 Å². The number of benzene rings is 4. The van der Waals surface area contributed by atoms with E-state index >= 15 is 0 Å². The van der Waals surface area contributed by atoms with Gasteiger partial charge in [0.2, 0.25) is 5.90 Å². The maximum absolute atomic E-state index is 13.5. The van der Waals surface area contributed by atoms with Crippen molar-refractivity contribution >= 4 is 35.2 Å². The number of hydrogen-bond acceptors (Lipinski definition) is 4. The topological polar surface area (TPSA) is 41.9 Å². The first-order valence-corrected chi connectivity index (χ1v) is 14.0. The van der Waals surface area contributed by atoms with Crippen molar-refractivity contribution in [3.63, 3.8) is 0 Å². The van der Waals surface area contributed by atoms with E-state index in [-0.39, 0.29) is 5.91 Å². The summed E-state index contributed by atoms with van der Waals surface area (Å²) < 4.78 is 6.24. The zero-order chi connectivity index (χ0) is 26.3. The van der Waals surface area contributed by atoms with Crippen LogP contribution in [-0.2, 0) is 16.1 Å². The number of ether oxygens (including phenoxy) is 1. The van der Waals surface area contributed by atoms with Gasteiger partial charge < -0.3 is 9.64 Å². The fourth-order valence-electron chi connectivity index (χ4n) is 4.51. The summed E-state index contributed by atoms with van der Waals surface area (Å²) >= 11 is 8.05. The standard InChI is InChI=1S/C25H21ClN2O2S.C7H8/c26-19-12-11-18-16-28(13-14-31-20-9-5-2-6-10-20)25(29)22-23(21(18)15-19)30-24(27-22)17-7-3-1-4-8-17;1-7-5-3-2-4-6-7/h1-12,15,22-23H,13-14,16H2;2-6H,1H3. The van der Waals surface area contributed by atoms with Crippen LogP contribution in [0.1, 0.15) is 28.4 Å². The van der Waals surface area contributed by atoms with E-state index in [2.05, 4.69) is 31.2 Å². The Balaban J connectivity index is 0.000000366. The number of aryl methyl sites for hydroxylation is 1. The third-order valence-corrected chi connectivity index (χ3v) is 7.68. The van der Waals surface area contributed by atoms with Crippen LogP contribution in [-0.4, -0.2) is 35.0 Å². The highest BCUT2D eigenvalue weighted by Gasteiger charge is 2.43. The lowest BCUT2D eigenvalue weighted by Crippen LogP contribution is -2.38. The van der Waals surface area contributed by atoms with E-state index in [4.69, 9.17) is 21.3 Å². The van der Waals surface area contributed by atoms with Crippen molar-refractivity contribution in [1.29, 1.82) is 0 Å². The van der Waals surface area contributed by atoms with Gasteiger partial charge in [0.25, 0.3) is 5.91 Å². The Hall–Kier alpha value is -3.54. The molecule has 0 aromatic heterocycles. The van der Waals surface area contributed by atoms with E-state index in [1.165, 1.54) is 10.5 Å². The first-order chi connectivity index (χ1) is 18.6. The lowest BCUT2D eigenvalue weighted by atomic mass is 9.99. The number of carbonyl (C=O) groups excluding carboxylic acids is 1. The molecule has 0 radical (unpaired) electrons. The van der Waals surface area contributed by atoms with Crippen molar-refractivity contribution in [1.82, 2.24) is 4.90 Å². The molecular weight excluding hydrogens is 512 g/mol. The highest BCUT2D eigenvalue weighted by Crippen LogP contribution is 2.38. The molecule has 2 heterocycles. The van der Waals surface area contributed by atoms with Gasteiger partial charge in [-0.25, -0.2) is 4.99 Å². The molecule has 0 saturated carbocycles. The van der Waals surface area contributed by atoms with E-state index in [1.807, 2.05) is 89.8 Å². The molecule has 2 aliphatic rings. The molecule has 4 aromatic rings. The SMILES string of the molecule is Cc1ccccc1.O=C1C2N=C(c3ccccc3)OC2c2cc(Cl)ccc2CN1CCSc1ccccc1. The average molecular weight is 541 g/mol. The Kier molecular flexibility index (Phi) is 8.47. The zero-order valence-electron chi connectivity index (χ0n) is 21.2. The molecule has 0 saturated heterocycles. The van der Waals surface area contributed by atoms with Gasteiger partial charge in [0.05, 0.1) is 0 Å². The Labute approximate surface area is 233 Å². The van der Waals surface area contributed by atoms with E-state index in [9.17, 15) is 4.79 Å². The number of halogens is 1. The van der Waals surface area contributed by atoms with Gasteiger partial charge in [-0.1, -0.05) is 90.0 Å². The maximum Gasteiger partial charge on any atom is 0.252 e. The molecule has 0 N–H and O–H groups in total. The van der Waals surface area contributed by atoms with Crippen molar-refractivity contribution < 1.29 is 9.53 Å². The molecule has 4 nitrogen and oxygen atoms in total. The molecule has 6 rings (SSSR count). The average Bonchev–Trinajstić information content (AvgIpc) is 3.36. The van der Waals surface area contributed by atoms with Crippen molar-refractivity contribution in [2.24, 2.45) is 4.99 Å². The van der Waals surface area contributed by atoms with Gasteiger partial charge in [-0.05, 0) is 48.9 Å².